The summed E-state index contributed by atoms with van der Waals surface area (Å²) in [4.78, 5) is 11.4. The van der Waals surface area contributed by atoms with E-state index < -0.39 is 31.5 Å². The average molecular weight is 325 g/mol. The minimum absolute atomic E-state index is 0.108. The summed E-state index contributed by atoms with van der Waals surface area (Å²) in [6.45, 7) is 3.81. The summed E-state index contributed by atoms with van der Waals surface area (Å²) in [5.41, 5.74) is 1.30. The summed E-state index contributed by atoms with van der Waals surface area (Å²) in [5.74, 6) is -4.94. The van der Waals surface area contributed by atoms with Crippen LogP contribution < -0.4 is 5.32 Å². The molecule has 0 spiro atoms. The molecule has 0 saturated heterocycles. The fourth-order valence-electron chi connectivity index (χ4n) is 1.42. The molecule has 0 saturated carbocycles. The number of carbonyl (C=O) groups excluding carboxylic acids is 1. The van der Waals surface area contributed by atoms with Crippen molar-refractivity contribution in [1.29, 1.82) is 0 Å². The van der Waals surface area contributed by atoms with Crippen LogP contribution in [-0.4, -0.2) is 41.7 Å². The van der Waals surface area contributed by atoms with Crippen LogP contribution in [0.2, 0.25) is 0 Å². The Morgan fingerprint density at radius 1 is 1.41 bits per heavy atom. The lowest BCUT2D eigenvalue weighted by Crippen LogP contribution is -2.35. The lowest BCUT2D eigenvalue weighted by Gasteiger charge is -2.14. The number of amides is 1. The van der Waals surface area contributed by atoms with Gasteiger partial charge in [0.2, 0.25) is 5.91 Å². The smallest absolute Gasteiger partial charge is 0.330 e. The van der Waals surface area contributed by atoms with Gasteiger partial charge >= 0.3 is 12.3 Å². The zero-order valence-corrected chi connectivity index (χ0v) is 12.6. The van der Waals surface area contributed by atoms with Crippen LogP contribution in [0.5, 0.6) is 0 Å². The van der Waals surface area contributed by atoms with Gasteiger partial charge in [0.1, 0.15) is 13.2 Å². The Balaban J connectivity index is 2.33. The molecule has 0 aliphatic rings. The van der Waals surface area contributed by atoms with Gasteiger partial charge in [0.05, 0.1) is 17.9 Å². The van der Waals surface area contributed by atoms with Crippen molar-refractivity contribution in [3.8, 4) is 0 Å². The van der Waals surface area contributed by atoms with Crippen molar-refractivity contribution in [1.82, 2.24) is 15.5 Å². The molecule has 0 unspecified atom stereocenters. The Morgan fingerprint density at radius 2 is 2.05 bits per heavy atom. The molecule has 0 aliphatic carbocycles. The third-order valence-electron chi connectivity index (χ3n) is 2.72. The van der Waals surface area contributed by atoms with E-state index in [9.17, 15) is 22.4 Å². The average Bonchev–Trinajstić information content (AvgIpc) is 2.84. The van der Waals surface area contributed by atoms with Crippen molar-refractivity contribution >= 4 is 5.91 Å². The molecule has 126 valence electrons. The maximum absolute atomic E-state index is 12.5. The molecule has 0 atom stereocenters. The highest BCUT2D eigenvalue weighted by Gasteiger charge is 2.41. The second kappa shape index (κ2) is 7.08. The molecule has 0 bridgehead atoms. The van der Waals surface area contributed by atoms with Crippen molar-refractivity contribution in [2.75, 3.05) is 13.2 Å². The van der Waals surface area contributed by atoms with Crippen molar-refractivity contribution in [2.45, 2.75) is 45.1 Å². The zero-order chi connectivity index (χ0) is 17.0. The van der Waals surface area contributed by atoms with Crippen molar-refractivity contribution in [2.24, 2.45) is 0 Å². The number of hydrogen-bond donors (Lipinski definition) is 2. The van der Waals surface area contributed by atoms with Crippen molar-refractivity contribution in [3.63, 3.8) is 0 Å². The Kier molecular flexibility index (Phi) is 5.92. The first-order valence-electron chi connectivity index (χ1n) is 6.57. The number of nitrogens with zero attached hydrogens (tertiary/aromatic N) is 1. The van der Waals surface area contributed by atoms with Gasteiger partial charge in [-0.3, -0.25) is 9.89 Å². The lowest BCUT2D eigenvalue weighted by molar-refractivity contribution is -0.168. The highest BCUT2D eigenvalue weighted by Crippen LogP contribution is 2.22. The van der Waals surface area contributed by atoms with Crippen LogP contribution in [0, 0.1) is 0 Å². The van der Waals surface area contributed by atoms with E-state index in [1.165, 1.54) is 0 Å². The monoisotopic (exact) mass is 325 g/mol. The first kappa shape index (κ1) is 18.4. The number of ether oxygens (including phenoxy) is 1. The van der Waals surface area contributed by atoms with Gasteiger partial charge in [-0.15, -0.1) is 0 Å². The molecule has 0 aromatic carbocycles. The van der Waals surface area contributed by atoms with Crippen LogP contribution >= 0.6 is 0 Å². The van der Waals surface area contributed by atoms with Crippen molar-refractivity contribution in [3.05, 3.63) is 17.5 Å². The summed E-state index contributed by atoms with van der Waals surface area (Å²) in [6.07, 6.45) is -3.82. The largest absolute Gasteiger partial charge is 0.365 e. The van der Waals surface area contributed by atoms with Gasteiger partial charge in [-0.2, -0.15) is 13.9 Å². The summed E-state index contributed by atoms with van der Waals surface area (Å²) >= 11 is 0. The van der Waals surface area contributed by atoms with Crippen molar-refractivity contribution < 1.29 is 27.1 Å². The Morgan fingerprint density at radius 3 is 2.55 bits per heavy atom. The summed E-state index contributed by atoms with van der Waals surface area (Å²) in [7, 11) is 0. The minimum atomic E-state index is -4.26. The second-order valence-electron chi connectivity index (χ2n) is 5.86. The molecule has 2 N–H and O–H groups in total. The molecular weight excluding hydrogens is 306 g/mol. The number of alkyl halides is 4. The standard InChI is InChI=1S/C13H19F4N3O2/c1-12(2,3)9-4-8(19-20-9)5-18-10(21)6-22-7-13(16,17)11(14)15/h4,11H,5-7H2,1-3H3,(H,18,21)(H,19,20). The minimum Gasteiger partial charge on any atom is -0.365 e. The van der Waals surface area contributed by atoms with Crippen LogP contribution in [0.3, 0.4) is 0 Å². The summed E-state index contributed by atoms with van der Waals surface area (Å²) < 4.78 is 53.1. The van der Waals surface area contributed by atoms with E-state index in [0.717, 1.165) is 5.69 Å². The van der Waals surface area contributed by atoms with Crippen LogP contribution in [0.25, 0.3) is 0 Å². The number of nitrogens with one attached hydrogen (secondary N) is 2. The second-order valence-corrected chi connectivity index (χ2v) is 5.86. The summed E-state index contributed by atoms with van der Waals surface area (Å²) in [6, 6.07) is 1.77. The van der Waals surface area contributed by atoms with Gasteiger partial charge in [-0.25, -0.2) is 8.78 Å². The number of hydrogen-bond acceptors (Lipinski definition) is 3. The Bertz CT molecular complexity index is 498. The third kappa shape index (κ3) is 5.63. The van der Waals surface area contributed by atoms with E-state index in [4.69, 9.17) is 0 Å². The van der Waals surface area contributed by atoms with Gasteiger partial charge < -0.3 is 10.1 Å². The molecule has 1 aromatic heterocycles. The zero-order valence-electron chi connectivity index (χ0n) is 12.6. The molecule has 9 heteroatoms. The van der Waals surface area contributed by atoms with E-state index in [1.807, 2.05) is 20.8 Å². The topological polar surface area (TPSA) is 67.0 Å². The van der Waals surface area contributed by atoms with E-state index in [0.29, 0.717) is 5.69 Å². The maximum Gasteiger partial charge on any atom is 0.330 e. The van der Waals surface area contributed by atoms with Gasteiger partial charge in [0.25, 0.3) is 0 Å². The molecule has 22 heavy (non-hydrogen) atoms. The van der Waals surface area contributed by atoms with Crippen LogP contribution in [0.1, 0.15) is 32.2 Å². The molecule has 5 nitrogen and oxygen atoms in total. The lowest BCUT2D eigenvalue weighted by atomic mass is 9.92. The number of H-pyrrole nitrogens is 1. The van der Waals surface area contributed by atoms with Crippen LogP contribution in [0.15, 0.2) is 6.07 Å². The first-order chi connectivity index (χ1) is 10.0. The fraction of sp³-hybridized carbons (Fsp3) is 0.692. The molecule has 1 heterocycles. The van der Waals surface area contributed by atoms with Crippen LogP contribution in [-0.2, 0) is 21.5 Å². The molecule has 0 fully saturated rings. The van der Waals surface area contributed by atoms with Gasteiger partial charge in [0, 0.05) is 5.41 Å². The predicted molar refractivity (Wildman–Crippen MR) is 70.9 cm³/mol. The Hall–Kier alpha value is -1.64. The maximum atomic E-state index is 12.5. The van der Waals surface area contributed by atoms with Gasteiger partial charge in [0.15, 0.2) is 0 Å². The number of rotatable bonds is 7. The van der Waals surface area contributed by atoms with E-state index in [2.05, 4.69) is 20.3 Å². The third-order valence-corrected chi connectivity index (χ3v) is 2.72. The van der Waals surface area contributed by atoms with E-state index in [-0.39, 0.29) is 12.0 Å². The SMILES string of the molecule is CC(C)(C)c1cc(CNC(=O)COCC(F)(F)C(F)F)[nH]n1. The highest BCUT2D eigenvalue weighted by atomic mass is 19.3. The quantitative estimate of drug-likeness (QED) is 0.756. The first-order valence-corrected chi connectivity index (χ1v) is 6.57. The molecule has 1 amide bonds. The Labute approximate surface area is 125 Å². The normalized spacial score (nSPS) is 12.7. The van der Waals surface area contributed by atoms with Gasteiger partial charge in [-0.1, -0.05) is 20.8 Å². The van der Waals surface area contributed by atoms with E-state index in [1.54, 1.807) is 6.07 Å². The molecule has 1 aromatic rings. The molecule has 0 radical (unpaired) electrons. The van der Waals surface area contributed by atoms with Gasteiger partial charge in [-0.05, 0) is 6.07 Å². The predicted octanol–water partition coefficient (Wildman–Crippen LogP) is 2.24. The number of aromatic nitrogens is 2. The molecule has 1 rings (SSSR count). The summed E-state index contributed by atoms with van der Waals surface area (Å²) in [5, 5.41) is 9.24. The fourth-order valence-corrected chi connectivity index (χ4v) is 1.42. The number of halogens is 4. The molecular formula is C13H19F4N3O2. The molecule has 0 aliphatic heterocycles. The number of aromatic amines is 1. The number of carbonyl (C=O) groups is 1. The van der Waals surface area contributed by atoms with Crippen LogP contribution in [0.4, 0.5) is 17.6 Å². The highest BCUT2D eigenvalue weighted by molar-refractivity contribution is 5.77. The van der Waals surface area contributed by atoms with E-state index >= 15 is 0 Å².